The van der Waals surface area contributed by atoms with Crippen LogP contribution < -0.4 is 5.32 Å². The third-order valence-corrected chi connectivity index (χ3v) is 7.06. The number of piperidine rings is 1. The molecule has 1 fully saturated rings. The molecule has 0 amide bonds. The van der Waals surface area contributed by atoms with E-state index < -0.39 is 15.7 Å². The van der Waals surface area contributed by atoms with Crippen molar-refractivity contribution in [1.29, 1.82) is 0 Å². The molecule has 1 saturated heterocycles. The third-order valence-electron chi connectivity index (χ3n) is 5.32. The highest BCUT2D eigenvalue weighted by molar-refractivity contribution is 7.91. The standard InChI is InChI=1S/C22H28FN3O2S/c1-24-22(25-13-16-29(27,28)21-10-6-5-9-20(21)23)26-14-11-19(12-15-26)17-18-7-3-2-4-8-18/h2-10,19H,11-17H2,1H3,(H,24,25). The minimum atomic E-state index is -3.68. The zero-order chi connectivity index (χ0) is 20.7. The minimum Gasteiger partial charge on any atom is -0.355 e. The Kier molecular flexibility index (Phi) is 7.25. The van der Waals surface area contributed by atoms with Crippen LogP contribution in [0.5, 0.6) is 0 Å². The Morgan fingerprint density at radius 3 is 2.41 bits per heavy atom. The summed E-state index contributed by atoms with van der Waals surface area (Å²) < 4.78 is 38.6. The summed E-state index contributed by atoms with van der Waals surface area (Å²) in [7, 11) is -1.98. The molecule has 1 aliphatic heterocycles. The van der Waals surface area contributed by atoms with Crippen molar-refractivity contribution in [2.75, 3.05) is 32.4 Å². The van der Waals surface area contributed by atoms with Gasteiger partial charge in [-0.25, -0.2) is 12.8 Å². The summed E-state index contributed by atoms with van der Waals surface area (Å²) in [5.41, 5.74) is 1.37. The van der Waals surface area contributed by atoms with Crippen molar-refractivity contribution in [2.24, 2.45) is 10.9 Å². The summed E-state index contributed by atoms with van der Waals surface area (Å²) in [4.78, 5) is 6.21. The van der Waals surface area contributed by atoms with Gasteiger partial charge in [0.25, 0.3) is 0 Å². The van der Waals surface area contributed by atoms with E-state index in [1.54, 1.807) is 7.05 Å². The number of hydrogen-bond donors (Lipinski definition) is 1. The van der Waals surface area contributed by atoms with Crippen LogP contribution in [0.3, 0.4) is 0 Å². The van der Waals surface area contributed by atoms with E-state index in [0.717, 1.165) is 32.4 Å². The molecule has 5 nitrogen and oxygen atoms in total. The first-order chi connectivity index (χ1) is 14.0. The van der Waals surface area contributed by atoms with Crippen molar-refractivity contribution >= 4 is 15.8 Å². The average molecular weight is 418 g/mol. The molecule has 3 rings (SSSR count). The van der Waals surface area contributed by atoms with E-state index in [2.05, 4.69) is 39.5 Å². The van der Waals surface area contributed by atoms with Gasteiger partial charge in [0.15, 0.2) is 15.8 Å². The predicted molar refractivity (Wildman–Crippen MR) is 114 cm³/mol. The predicted octanol–water partition coefficient (Wildman–Crippen LogP) is 3.13. The summed E-state index contributed by atoms with van der Waals surface area (Å²) in [6.45, 7) is 1.96. The van der Waals surface area contributed by atoms with Crippen LogP contribution >= 0.6 is 0 Å². The molecule has 29 heavy (non-hydrogen) atoms. The molecule has 0 saturated carbocycles. The number of sulfone groups is 1. The molecule has 0 spiro atoms. The molecule has 0 unspecified atom stereocenters. The Morgan fingerprint density at radius 1 is 1.10 bits per heavy atom. The van der Waals surface area contributed by atoms with Gasteiger partial charge in [-0.3, -0.25) is 4.99 Å². The average Bonchev–Trinajstić information content (AvgIpc) is 2.73. The van der Waals surface area contributed by atoms with Crippen LogP contribution in [0, 0.1) is 11.7 Å². The largest absolute Gasteiger partial charge is 0.355 e. The van der Waals surface area contributed by atoms with Crippen LogP contribution in [0.25, 0.3) is 0 Å². The lowest BCUT2D eigenvalue weighted by molar-refractivity contribution is 0.259. The molecule has 0 atom stereocenters. The molecule has 0 radical (unpaired) electrons. The van der Waals surface area contributed by atoms with Gasteiger partial charge < -0.3 is 10.2 Å². The number of aliphatic imine (C=N–C) groups is 1. The second-order valence-electron chi connectivity index (χ2n) is 7.34. The number of hydrogen-bond acceptors (Lipinski definition) is 3. The van der Waals surface area contributed by atoms with Gasteiger partial charge in [0.05, 0.1) is 5.75 Å². The molecule has 2 aromatic carbocycles. The van der Waals surface area contributed by atoms with Gasteiger partial charge in [-0.15, -0.1) is 0 Å². The quantitative estimate of drug-likeness (QED) is 0.579. The summed E-state index contributed by atoms with van der Waals surface area (Å²) in [6.07, 6.45) is 3.23. The molecule has 1 heterocycles. The summed E-state index contributed by atoms with van der Waals surface area (Å²) >= 11 is 0. The molecule has 0 bridgehead atoms. The molecular formula is C22H28FN3O2S. The number of likely N-dealkylation sites (tertiary alicyclic amines) is 1. The van der Waals surface area contributed by atoms with E-state index in [9.17, 15) is 12.8 Å². The molecular weight excluding hydrogens is 389 g/mol. The van der Waals surface area contributed by atoms with E-state index in [1.165, 1.54) is 29.8 Å². The first kappa shape index (κ1) is 21.3. The fraction of sp³-hybridized carbons (Fsp3) is 0.409. The molecule has 7 heteroatoms. The smallest absolute Gasteiger partial charge is 0.193 e. The number of nitrogens with one attached hydrogen (secondary N) is 1. The summed E-state index contributed by atoms with van der Waals surface area (Å²) in [6, 6.07) is 16.0. The van der Waals surface area contributed by atoms with Crippen LogP contribution in [-0.2, 0) is 16.3 Å². The molecule has 0 aliphatic carbocycles. The number of guanidine groups is 1. The molecule has 1 aliphatic rings. The summed E-state index contributed by atoms with van der Waals surface area (Å²) in [5, 5.41) is 3.12. The molecule has 2 aromatic rings. The maximum atomic E-state index is 13.8. The van der Waals surface area contributed by atoms with Crippen molar-refractivity contribution in [3.63, 3.8) is 0 Å². The second-order valence-corrected chi connectivity index (χ2v) is 9.42. The maximum absolute atomic E-state index is 13.8. The van der Waals surface area contributed by atoms with E-state index in [4.69, 9.17) is 0 Å². The number of benzene rings is 2. The van der Waals surface area contributed by atoms with Crippen molar-refractivity contribution in [3.05, 3.63) is 66.0 Å². The normalized spacial score (nSPS) is 16.1. The minimum absolute atomic E-state index is 0.183. The van der Waals surface area contributed by atoms with Crippen molar-refractivity contribution in [3.8, 4) is 0 Å². The van der Waals surface area contributed by atoms with Crippen LogP contribution in [0.15, 0.2) is 64.5 Å². The molecule has 156 valence electrons. The fourth-order valence-corrected chi connectivity index (χ4v) is 4.97. The number of nitrogens with zero attached hydrogens (tertiary/aromatic N) is 2. The van der Waals surface area contributed by atoms with Crippen molar-refractivity contribution in [1.82, 2.24) is 10.2 Å². The van der Waals surface area contributed by atoms with Crippen molar-refractivity contribution < 1.29 is 12.8 Å². The lowest BCUT2D eigenvalue weighted by Gasteiger charge is -2.34. The first-order valence-corrected chi connectivity index (χ1v) is 11.6. The van der Waals surface area contributed by atoms with Gasteiger partial charge in [-0.2, -0.15) is 0 Å². The number of rotatable bonds is 6. The Labute approximate surface area is 172 Å². The van der Waals surface area contributed by atoms with Gasteiger partial charge in [0.1, 0.15) is 10.7 Å². The van der Waals surface area contributed by atoms with Crippen LogP contribution in [0.2, 0.25) is 0 Å². The van der Waals surface area contributed by atoms with Gasteiger partial charge >= 0.3 is 0 Å². The van der Waals surface area contributed by atoms with Crippen LogP contribution in [0.1, 0.15) is 18.4 Å². The topological polar surface area (TPSA) is 61.8 Å². The SMILES string of the molecule is CN=C(NCCS(=O)(=O)c1ccccc1F)N1CCC(Cc2ccccc2)CC1. The molecule has 1 N–H and O–H groups in total. The maximum Gasteiger partial charge on any atom is 0.193 e. The van der Waals surface area contributed by atoms with Crippen molar-refractivity contribution in [2.45, 2.75) is 24.2 Å². The number of halogens is 1. The van der Waals surface area contributed by atoms with Gasteiger partial charge in [0.2, 0.25) is 0 Å². The van der Waals surface area contributed by atoms with E-state index in [1.807, 2.05) is 6.07 Å². The molecule has 0 aromatic heterocycles. The fourth-order valence-electron chi connectivity index (χ4n) is 3.73. The van der Waals surface area contributed by atoms with E-state index in [0.29, 0.717) is 11.9 Å². The monoisotopic (exact) mass is 417 g/mol. The summed E-state index contributed by atoms with van der Waals surface area (Å²) in [5.74, 6) is 0.453. The van der Waals surface area contributed by atoms with Gasteiger partial charge in [0, 0.05) is 26.7 Å². The third kappa shape index (κ3) is 5.79. The van der Waals surface area contributed by atoms with Gasteiger partial charge in [-0.05, 0) is 42.9 Å². The highest BCUT2D eigenvalue weighted by Gasteiger charge is 2.23. The lowest BCUT2D eigenvalue weighted by Crippen LogP contribution is -2.46. The van der Waals surface area contributed by atoms with Crippen LogP contribution in [-0.4, -0.2) is 51.7 Å². The first-order valence-electron chi connectivity index (χ1n) is 9.96. The van der Waals surface area contributed by atoms with E-state index >= 15 is 0 Å². The Hall–Kier alpha value is -2.41. The second kappa shape index (κ2) is 9.87. The van der Waals surface area contributed by atoms with Gasteiger partial charge in [-0.1, -0.05) is 42.5 Å². The van der Waals surface area contributed by atoms with Crippen LogP contribution in [0.4, 0.5) is 4.39 Å². The lowest BCUT2D eigenvalue weighted by atomic mass is 9.90. The zero-order valence-corrected chi connectivity index (χ0v) is 17.5. The Balaban J connectivity index is 1.48. The Bertz CT molecular complexity index is 924. The highest BCUT2D eigenvalue weighted by Crippen LogP contribution is 2.21. The van der Waals surface area contributed by atoms with E-state index in [-0.39, 0.29) is 17.2 Å². The Morgan fingerprint density at radius 2 is 1.76 bits per heavy atom. The zero-order valence-electron chi connectivity index (χ0n) is 16.7. The highest BCUT2D eigenvalue weighted by atomic mass is 32.2.